The summed E-state index contributed by atoms with van der Waals surface area (Å²) in [6, 6.07) is 21.0. The van der Waals surface area contributed by atoms with Crippen molar-refractivity contribution in [1.82, 2.24) is 5.32 Å². The zero-order chi connectivity index (χ0) is 24.8. The van der Waals surface area contributed by atoms with Gasteiger partial charge in [-0.25, -0.2) is 8.42 Å². The largest absolute Gasteiger partial charge is 0.378 e. The summed E-state index contributed by atoms with van der Waals surface area (Å²) in [7, 11) is -3.99. The van der Waals surface area contributed by atoms with Crippen LogP contribution in [0.1, 0.15) is 11.1 Å². The first-order valence-corrected chi connectivity index (χ1v) is 13.2. The van der Waals surface area contributed by atoms with E-state index in [1.54, 1.807) is 12.1 Å². The predicted octanol–water partition coefficient (Wildman–Crippen LogP) is 4.00. The Morgan fingerprint density at radius 2 is 1.66 bits per heavy atom. The number of hydrogen-bond donors (Lipinski definition) is 1. The highest BCUT2D eigenvalue weighted by Gasteiger charge is 2.28. The maximum absolute atomic E-state index is 13.5. The van der Waals surface area contributed by atoms with Crippen LogP contribution < -0.4 is 14.5 Å². The van der Waals surface area contributed by atoms with Gasteiger partial charge in [0.25, 0.3) is 10.0 Å². The molecule has 9 heteroatoms. The monoisotopic (exact) mass is 513 g/mol. The van der Waals surface area contributed by atoms with Crippen LogP contribution in [0, 0.1) is 6.92 Å². The number of para-hydroxylation sites is 1. The van der Waals surface area contributed by atoms with Gasteiger partial charge in [0, 0.05) is 30.3 Å². The molecule has 0 spiro atoms. The highest BCUT2D eigenvalue weighted by molar-refractivity contribution is 7.92. The molecule has 0 bridgehead atoms. The molecule has 0 saturated carbocycles. The molecule has 1 heterocycles. The van der Waals surface area contributed by atoms with E-state index in [-0.39, 0.29) is 11.4 Å². The van der Waals surface area contributed by atoms with Gasteiger partial charge >= 0.3 is 0 Å². The summed E-state index contributed by atoms with van der Waals surface area (Å²) in [4.78, 5) is 15.2. The second kappa shape index (κ2) is 11.1. The topological polar surface area (TPSA) is 79.0 Å². The van der Waals surface area contributed by atoms with Crippen molar-refractivity contribution in [3.8, 4) is 0 Å². The Morgan fingerprint density at radius 3 is 2.31 bits per heavy atom. The molecule has 7 nitrogen and oxygen atoms in total. The zero-order valence-electron chi connectivity index (χ0n) is 19.5. The molecule has 1 aliphatic rings. The summed E-state index contributed by atoms with van der Waals surface area (Å²) in [5.74, 6) is -0.400. The Kier molecular flexibility index (Phi) is 7.95. The maximum Gasteiger partial charge on any atom is 0.264 e. The summed E-state index contributed by atoms with van der Waals surface area (Å²) in [6.45, 7) is 4.90. The fourth-order valence-corrected chi connectivity index (χ4v) is 5.52. The minimum atomic E-state index is -3.99. The molecule has 3 aromatic rings. The van der Waals surface area contributed by atoms with Crippen molar-refractivity contribution < 1.29 is 17.9 Å². The van der Waals surface area contributed by atoms with E-state index in [2.05, 4.69) is 10.2 Å². The van der Waals surface area contributed by atoms with Gasteiger partial charge in [-0.15, -0.1) is 0 Å². The number of morpholine rings is 1. The number of rotatable bonds is 8. The van der Waals surface area contributed by atoms with Crippen LogP contribution in [0.5, 0.6) is 0 Å². The molecular formula is C26H28ClN3O4S. The fraction of sp³-hybridized carbons (Fsp3) is 0.269. The van der Waals surface area contributed by atoms with Crippen LogP contribution in [0.15, 0.2) is 77.7 Å². The van der Waals surface area contributed by atoms with Crippen LogP contribution in [0.25, 0.3) is 0 Å². The quantitative estimate of drug-likeness (QED) is 0.492. The number of amides is 1. The number of anilines is 2. The fourth-order valence-electron chi connectivity index (χ4n) is 3.91. The van der Waals surface area contributed by atoms with Gasteiger partial charge < -0.3 is 15.0 Å². The Bertz CT molecular complexity index is 1260. The van der Waals surface area contributed by atoms with E-state index < -0.39 is 15.9 Å². The lowest BCUT2D eigenvalue weighted by molar-refractivity contribution is -0.119. The second-order valence-corrected chi connectivity index (χ2v) is 10.6. The molecule has 35 heavy (non-hydrogen) atoms. The molecule has 0 radical (unpaired) electrons. The van der Waals surface area contributed by atoms with Gasteiger partial charge in [0.1, 0.15) is 6.54 Å². The number of carbonyl (C=O) groups excluding carboxylic acids is 1. The molecule has 184 valence electrons. The van der Waals surface area contributed by atoms with Crippen molar-refractivity contribution in [2.24, 2.45) is 0 Å². The van der Waals surface area contributed by atoms with E-state index in [1.165, 1.54) is 24.3 Å². The molecule has 0 aliphatic carbocycles. The van der Waals surface area contributed by atoms with E-state index in [4.69, 9.17) is 16.3 Å². The van der Waals surface area contributed by atoms with Crippen molar-refractivity contribution in [1.29, 1.82) is 0 Å². The van der Waals surface area contributed by atoms with Gasteiger partial charge in [0.05, 0.1) is 23.8 Å². The van der Waals surface area contributed by atoms with Gasteiger partial charge in [0.15, 0.2) is 0 Å². The van der Waals surface area contributed by atoms with Crippen LogP contribution in [0.2, 0.25) is 5.02 Å². The minimum absolute atomic E-state index is 0.0663. The first-order valence-electron chi connectivity index (χ1n) is 11.4. The third-order valence-electron chi connectivity index (χ3n) is 5.88. The standard InChI is InChI=1S/C26H28ClN3O4S/c1-20-4-2-3-5-25(20)30(35(32,33)24-12-8-22(27)9-13-24)19-26(31)28-18-21-6-10-23(11-7-21)29-14-16-34-17-15-29/h2-13H,14-19H2,1H3,(H,28,31). The normalized spacial score (nSPS) is 13.9. The van der Waals surface area contributed by atoms with Crippen LogP contribution in [0.4, 0.5) is 11.4 Å². The lowest BCUT2D eigenvalue weighted by atomic mass is 10.2. The van der Waals surface area contributed by atoms with E-state index in [9.17, 15) is 13.2 Å². The molecular weight excluding hydrogens is 486 g/mol. The van der Waals surface area contributed by atoms with Gasteiger partial charge in [-0.2, -0.15) is 0 Å². The number of sulfonamides is 1. The average Bonchev–Trinajstić information content (AvgIpc) is 2.87. The summed E-state index contributed by atoms with van der Waals surface area (Å²) in [6.07, 6.45) is 0. The molecule has 4 rings (SSSR count). The Balaban J connectivity index is 1.47. The van der Waals surface area contributed by atoms with Crippen LogP contribution >= 0.6 is 11.6 Å². The Morgan fingerprint density at radius 1 is 1.00 bits per heavy atom. The molecule has 1 fully saturated rings. The second-order valence-electron chi connectivity index (χ2n) is 8.29. The number of halogens is 1. The number of carbonyl (C=O) groups is 1. The number of nitrogens with one attached hydrogen (secondary N) is 1. The highest BCUT2D eigenvalue weighted by Crippen LogP contribution is 2.27. The van der Waals surface area contributed by atoms with Gasteiger partial charge in [0.2, 0.25) is 5.91 Å². The molecule has 0 atom stereocenters. The van der Waals surface area contributed by atoms with Crippen molar-refractivity contribution in [3.63, 3.8) is 0 Å². The first kappa shape index (κ1) is 25.0. The zero-order valence-corrected chi connectivity index (χ0v) is 21.1. The number of ether oxygens (including phenoxy) is 1. The Labute approximate surface area is 211 Å². The Hall–Kier alpha value is -3.07. The molecule has 1 amide bonds. The molecule has 1 N–H and O–H groups in total. The third-order valence-corrected chi connectivity index (χ3v) is 7.90. The number of hydrogen-bond acceptors (Lipinski definition) is 5. The molecule has 0 aromatic heterocycles. The minimum Gasteiger partial charge on any atom is -0.378 e. The van der Waals surface area contributed by atoms with Crippen molar-refractivity contribution >= 4 is 38.9 Å². The van der Waals surface area contributed by atoms with Crippen molar-refractivity contribution in [2.45, 2.75) is 18.4 Å². The van der Waals surface area contributed by atoms with Gasteiger partial charge in [-0.3, -0.25) is 9.10 Å². The van der Waals surface area contributed by atoms with E-state index in [1.807, 2.05) is 43.3 Å². The molecule has 1 aliphatic heterocycles. The lowest BCUT2D eigenvalue weighted by Gasteiger charge is -2.29. The molecule has 1 saturated heterocycles. The molecule has 0 unspecified atom stereocenters. The van der Waals surface area contributed by atoms with Crippen LogP contribution in [-0.4, -0.2) is 47.2 Å². The van der Waals surface area contributed by atoms with Crippen LogP contribution in [-0.2, 0) is 26.1 Å². The van der Waals surface area contributed by atoms with Gasteiger partial charge in [-0.05, 0) is 60.5 Å². The SMILES string of the molecule is Cc1ccccc1N(CC(=O)NCc1ccc(N2CCOCC2)cc1)S(=O)(=O)c1ccc(Cl)cc1. The number of aryl methyl sites for hydroxylation is 1. The average molecular weight is 514 g/mol. The smallest absolute Gasteiger partial charge is 0.264 e. The highest BCUT2D eigenvalue weighted by atomic mass is 35.5. The summed E-state index contributed by atoms with van der Waals surface area (Å²) in [5, 5.41) is 3.28. The molecule has 3 aromatic carbocycles. The van der Waals surface area contributed by atoms with Crippen molar-refractivity contribution in [2.75, 3.05) is 42.1 Å². The van der Waals surface area contributed by atoms with E-state index in [0.717, 1.165) is 34.2 Å². The summed E-state index contributed by atoms with van der Waals surface area (Å²) >= 11 is 5.94. The van der Waals surface area contributed by atoms with E-state index >= 15 is 0 Å². The summed E-state index contributed by atoms with van der Waals surface area (Å²) in [5.41, 5.74) is 3.24. The van der Waals surface area contributed by atoms with Crippen molar-refractivity contribution in [3.05, 3.63) is 88.9 Å². The third kappa shape index (κ3) is 6.14. The summed E-state index contributed by atoms with van der Waals surface area (Å²) < 4.78 is 33.5. The first-order chi connectivity index (χ1) is 16.8. The van der Waals surface area contributed by atoms with E-state index in [0.29, 0.717) is 30.5 Å². The van der Waals surface area contributed by atoms with Gasteiger partial charge in [-0.1, -0.05) is 41.9 Å². The predicted molar refractivity (Wildman–Crippen MR) is 138 cm³/mol. The van der Waals surface area contributed by atoms with Crippen LogP contribution in [0.3, 0.4) is 0 Å². The number of benzene rings is 3. The maximum atomic E-state index is 13.5. The lowest BCUT2D eigenvalue weighted by Crippen LogP contribution is -2.41. The number of nitrogens with zero attached hydrogens (tertiary/aromatic N) is 2.